The van der Waals surface area contributed by atoms with Crippen LogP contribution < -0.4 is 10.2 Å². The third-order valence-corrected chi connectivity index (χ3v) is 0.689. The number of hydrogen-bond acceptors (Lipinski definition) is 5. The molecule has 0 aliphatic rings. The Morgan fingerprint density at radius 1 is 1.00 bits per heavy atom. The molecule has 0 rings (SSSR count). The number of hydrogen-bond donors (Lipinski definition) is 2. The summed E-state index contributed by atoms with van der Waals surface area (Å²) in [6.45, 7) is 2.22. The Balaban J connectivity index is -0.0000000139. The second kappa shape index (κ2) is 30.2. The number of carboxylic acid groups (broad SMARTS) is 2. The van der Waals surface area contributed by atoms with E-state index in [0.717, 1.165) is 13.8 Å². The molecule has 0 aromatic heterocycles. The maximum Gasteiger partial charge on any atom is 2.00 e. The van der Waals surface area contributed by atoms with E-state index in [9.17, 15) is 19.8 Å². The summed E-state index contributed by atoms with van der Waals surface area (Å²) in [6, 6.07) is 0. The second-order valence-electron chi connectivity index (χ2n) is 1.98. The molecule has 0 amide bonds. The van der Waals surface area contributed by atoms with E-state index in [1.165, 1.54) is 0 Å². The number of carbonyl (C=O) groups excluding carboxylic acids is 1. The number of aliphatic hydroxyl groups excluding tert-OH is 1. The van der Waals surface area contributed by atoms with E-state index in [0.29, 0.717) is 0 Å². The van der Waals surface area contributed by atoms with Crippen molar-refractivity contribution in [3.63, 3.8) is 0 Å². The molecule has 0 aliphatic carbocycles. The van der Waals surface area contributed by atoms with Crippen molar-refractivity contribution in [3.8, 4) is 0 Å². The first-order chi connectivity index (χ1) is 5.29. The van der Waals surface area contributed by atoms with Crippen molar-refractivity contribution in [3.05, 3.63) is 0 Å². The molecule has 2 atom stereocenters. The molecular weight excluding hydrogens is 288 g/mol. The van der Waals surface area contributed by atoms with Crippen LogP contribution in [0.5, 0.6) is 0 Å². The van der Waals surface area contributed by atoms with Gasteiger partial charge in [-0.1, -0.05) is 6.92 Å². The maximum absolute atomic E-state index is 9.63. The Hall–Kier alpha value is -0.0803. The topological polar surface area (TPSA) is 278 Å². The van der Waals surface area contributed by atoms with Gasteiger partial charge in [0.1, 0.15) is 0 Å². The number of carbonyl (C=O) groups is 2. The van der Waals surface area contributed by atoms with Crippen molar-refractivity contribution in [2.75, 3.05) is 0 Å². The summed E-state index contributed by atoms with van der Waals surface area (Å²) in [5, 5.41) is 34.6. The van der Waals surface area contributed by atoms with E-state index >= 15 is 0 Å². The zero-order chi connectivity index (χ0) is 10.3. The van der Waals surface area contributed by atoms with E-state index in [1.807, 2.05) is 0 Å². The minimum Gasteiger partial charge on any atom is -0.844 e. The molecule has 0 radical (unpaired) electrons. The van der Waals surface area contributed by atoms with Crippen LogP contribution in [-0.2, 0) is 9.59 Å². The molecule has 0 aliphatic heterocycles. The molecule has 18 heavy (non-hydrogen) atoms. The van der Waals surface area contributed by atoms with Crippen LogP contribution in [0, 0.1) is 0 Å². The zero-order valence-electron chi connectivity index (χ0n) is 9.89. The maximum atomic E-state index is 9.63. The summed E-state index contributed by atoms with van der Waals surface area (Å²) < 4.78 is 0. The fourth-order valence-electron chi connectivity index (χ4n) is 0. The summed E-state index contributed by atoms with van der Waals surface area (Å²) >= 11 is 0. The summed E-state index contributed by atoms with van der Waals surface area (Å²) in [4.78, 5) is 18.7. The van der Waals surface area contributed by atoms with Gasteiger partial charge < -0.3 is 52.6 Å². The standard InChI is InChI=1S/C3H6O3.C3H5O3.Ca.5H2O/c2*1-2(4)3(5)6;;;;;;/h2,4H,1H3,(H,5,6);2H,1H3,(H,5,6);;5*1H2/q;-1;+2;;;;;/p-1/t2*2-;;;;;;/m00....../s1. The van der Waals surface area contributed by atoms with Gasteiger partial charge in [-0.3, -0.25) is 4.79 Å². The van der Waals surface area contributed by atoms with Gasteiger partial charge in [-0.25, -0.2) is 0 Å². The summed E-state index contributed by atoms with van der Waals surface area (Å²) in [5.74, 6) is -2.73. The van der Waals surface area contributed by atoms with Gasteiger partial charge in [0.15, 0.2) is 0 Å². The monoisotopic (exact) mass is 308 g/mol. The molecular formula is C6H20CaO11. The van der Waals surface area contributed by atoms with Gasteiger partial charge in [-0.05, 0) is 13.0 Å². The number of carboxylic acids is 2. The second-order valence-corrected chi connectivity index (χ2v) is 1.98. The van der Waals surface area contributed by atoms with E-state index in [2.05, 4.69) is 0 Å². The predicted molar refractivity (Wildman–Crippen MR) is 57.6 cm³/mol. The van der Waals surface area contributed by atoms with Gasteiger partial charge in [-0.15, -0.1) is 0 Å². The van der Waals surface area contributed by atoms with Gasteiger partial charge in [-0.2, -0.15) is 0 Å². The zero-order valence-corrected chi connectivity index (χ0v) is 12.1. The third-order valence-electron chi connectivity index (χ3n) is 0.689. The van der Waals surface area contributed by atoms with E-state index < -0.39 is 24.1 Å². The van der Waals surface area contributed by atoms with Crippen molar-refractivity contribution in [2.24, 2.45) is 0 Å². The van der Waals surface area contributed by atoms with Crippen LogP contribution >= 0.6 is 0 Å². The van der Waals surface area contributed by atoms with Gasteiger partial charge in [0.25, 0.3) is 5.97 Å². The SMILES string of the molecule is C[C@H](O)C(=O)[O-].C[C@H]([O-])C(=O)O.O.O.O.O.O.[Ca+2]. The van der Waals surface area contributed by atoms with Crippen molar-refractivity contribution in [1.82, 2.24) is 0 Å². The Bertz CT molecular complexity index is 142. The van der Waals surface area contributed by atoms with E-state index in [1.54, 1.807) is 0 Å². The molecule has 0 spiro atoms. The molecule has 12 heteroatoms. The van der Waals surface area contributed by atoms with Crippen LogP contribution in [0.4, 0.5) is 0 Å². The average Bonchev–Trinajstić information content (AvgIpc) is 1.88. The minimum absolute atomic E-state index is 0. The van der Waals surface area contributed by atoms with E-state index in [-0.39, 0.29) is 65.1 Å². The molecule has 11 nitrogen and oxygen atoms in total. The molecule has 12 N–H and O–H groups in total. The van der Waals surface area contributed by atoms with Crippen LogP contribution in [0.15, 0.2) is 0 Å². The Morgan fingerprint density at radius 2 is 1.11 bits per heavy atom. The Labute approximate surface area is 133 Å². The smallest absolute Gasteiger partial charge is 0.844 e. The molecule has 0 unspecified atom stereocenters. The first-order valence-electron chi connectivity index (χ1n) is 3.06. The van der Waals surface area contributed by atoms with Crippen LogP contribution in [-0.4, -0.2) is 99.5 Å². The van der Waals surface area contributed by atoms with Crippen LogP contribution in [0.1, 0.15) is 13.8 Å². The molecule has 112 valence electrons. The molecule has 0 aromatic rings. The largest absolute Gasteiger partial charge is 2.00 e. The fourth-order valence-corrected chi connectivity index (χ4v) is 0. The summed E-state index contributed by atoms with van der Waals surface area (Å²) in [7, 11) is 0. The average molecular weight is 308 g/mol. The third kappa shape index (κ3) is 56.5. The van der Waals surface area contributed by atoms with Crippen molar-refractivity contribution in [1.29, 1.82) is 0 Å². The Morgan fingerprint density at radius 3 is 1.11 bits per heavy atom. The first-order valence-corrected chi connectivity index (χ1v) is 3.06. The van der Waals surface area contributed by atoms with Gasteiger partial charge in [0, 0.05) is 0 Å². The van der Waals surface area contributed by atoms with Gasteiger partial charge in [0.05, 0.1) is 12.1 Å². The normalized spacial score (nSPS) is 9.11. The molecule has 0 saturated carbocycles. The van der Waals surface area contributed by atoms with Crippen molar-refractivity contribution in [2.45, 2.75) is 26.1 Å². The summed E-state index contributed by atoms with van der Waals surface area (Å²) in [6.07, 6.45) is -2.82. The fraction of sp³-hybridized carbons (Fsp3) is 0.667. The van der Waals surface area contributed by atoms with Gasteiger partial charge in [0.2, 0.25) is 0 Å². The van der Waals surface area contributed by atoms with Crippen molar-refractivity contribution >= 4 is 49.7 Å². The quantitative estimate of drug-likeness (QED) is 0.466. The molecule has 0 fully saturated rings. The van der Waals surface area contributed by atoms with Gasteiger partial charge >= 0.3 is 37.7 Å². The van der Waals surface area contributed by atoms with Crippen LogP contribution in [0.25, 0.3) is 0 Å². The van der Waals surface area contributed by atoms with Crippen LogP contribution in [0.3, 0.4) is 0 Å². The van der Waals surface area contributed by atoms with E-state index in [4.69, 9.17) is 10.2 Å². The predicted octanol–water partition coefficient (Wildman–Crippen LogP) is -7.57. The molecule has 0 aromatic carbocycles. The molecule has 0 saturated heterocycles. The number of aliphatic carboxylic acids is 2. The summed E-state index contributed by atoms with van der Waals surface area (Å²) in [5.41, 5.74) is 0. The van der Waals surface area contributed by atoms with Crippen molar-refractivity contribution < 1.29 is 57.4 Å². The molecule has 0 bridgehead atoms. The number of rotatable bonds is 2. The number of aliphatic hydroxyl groups is 1. The Kier molecular flexibility index (Phi) is 87.4. The first kappa shape index (κ1) is 52.1. The van der Waals surface area contributed by atoms with Crippen LogP contribution in [0.2, 0.25) is 0 Å². The minimum atomic E-state index is -1.48. The molecule has 0 heterocycles.